The number of nitrogens with zero attached hydrogens (tertiary/aromatic N) is 2. The topological polar surface area (TPSA) is 91.2 Å². The largest absolute Gasteiger partial charge is 0.399 e. The van der Waals surface area contributed by atoms with E-state index in [4.69, 9.17) is 4.84 Å². The quantitative estimate of drug-likeness (QED) is 0.532. The first-order chi connectivity index (χ1) is 16.6. The van der Waals surface area contributed by atoms with Gasteiger partial charge in [0.25, 0.3) is 5.91 Å². The Labute approximate surface area is 198 Å². The number of rotatable bonds is 7. The molecule has 0 saturated carbocycles. The minimum Gasteiger partial charge on any atom is -0.399 e. The number of carbonyl (C=O) groups is 2. The molecule has 7 nitrogen and oxygen atoms in total. The molecule has 1 fully saturated rings. The van der Waals surface area contributed by atoms with Crippen LogP contribution in [-0.4, -0.2) is 53.8 Å². The highest BCUT2D eigenvalue weighted by Gasteiger charge is 2.38. The van der Waals surface area contributed by atoms with Crippen molar-refractivity contribution < 1.29 is 19.5 Å². The van der Waals surface area contributed by atoms with E-state index in [0.29, 0.717) is 16.8 Å². The van der Waals surface area contributed by atoms with E-state index in [1.54, 1.807) is 24.3 Å². The first-order valence-corrected chi connectivity index (χ1v) is 11.1. The Balaban J connectivity index is 1.47. The maximum Gasteiger partial charge on any atom is 0.254 e. The summed E-state index contributed by atoms with van der Waals surface area (Å²) in [6.07, 6.45) is -0.567. The summed E-state index contributed by atoms with van der Waals surface area (Å²) >= 11 is 0. The van der Waals surface area contributed by atoms with Gasteiger partial charge in [-0.2, -0.15) is 0 Å². The molecule has 3 aromatic carbocycles. The second-order valence-corrected chi connectivity index (χ2v) is 8.11. The molecule has 174 valence electrons. The van der Waals surface area contributed by atoms with Gasteiger partial charge in [0, 0.05) is 18.5 Å². The van der Waals surface area contributed by atoms with Gasteiger partial charge >= 0.3 is 0 Å². The number of benzene rings is 3. The fourth-order valence-corrected chi connectivity index (χ4v) is 4.06. The minimum absolute atomic E-state index is 0.0455. The number of hydrogen-bond donors (Lipinski definition) is 2. The molecule has 1 heterocycles. The molecule has 0 aromatic heterocycles. The summed E-state index contributed by atoms with van der Waals surface area (Å²) in [6.45, 7) is 0.246. The molecule has 34 heavy (non-hydrogen) atoms. The molecule has 0 bridgehead atoms. The molecular weight excluding hydrogens is 430 g/mol. The molecule has 2 amide bonds. The van der Waals surface area contributed by atoms with E-state index in [9.17, 15) is 14.7 Å². The number of amides is 2. The van der Waals surface area contributed by atoms with Gasteiger partial charge in [-0.3, -0.25) is 9.59 Å². The summed E-state index contributed by atoms with van der Waals surface area (Å²) in [5.41, 5.74) is 3.87. The highest BCUT2D eigenvalue weighted by atomic mass is 16.6. The van der Waals surface area contributed by atoms with Crippen molar-refractivity contribution in [1.29, 1.82) is 0 Å². The third-order valence-electron chi connectivity index (χ3n) is 5.83. The molecule has 0 aliphatic carbocycles. The van der Waals surface area contributed by atoms with Crippen molar-refractivity contribution in [2.24, 2.45) is 5.16 Å². The van der Waals surface area contributed by atoms with Gasteiger partial charge in [0.2, 0.25) is 5.91 Å². The summed E-state index contributed by atoms with van der Waals surface area (Å²) in [7, 11) is 1.44. The molecule has 0 radical (unpaired) electrons. The number of oxime groups is 1. The smallest absolute Gasteiger partial charge is 0.254 e. The number of nitrogens with one attached hydrogen (secondary N) is 1. The Morgan fingerprint density at radius 3 is 2.26 bits per heavy atom. The monoisotopic (exact) mass is 457 g/mol. The van der Waals surface area contributed by atoms with Gasteiger partial charge in [0.15, 0.2) is 0 Å². The van der Waals surface area contributed by atoms with Crippen molar-refractivity contribution in [3.05, 3.63) is 96.1 Å². The molecule has 4 rings (SSSR count). The maximum atomic E-state index is 13.3. The zero-order valence-electron chi connectivity index (χ0n) is 18.9. The average Bonchev–Trinajstić information content (AvgIpc) is 3.32. The van der Waals surface area contributed by atoms with Gasteiger partial charge in [-0.05, 0) is 28.8 Å². The van der Waals surface area contributed by atoms with Crippen LogP contribution < -0.4 is 5.32 Å². The normalized spacial score (nSPS) is 17.4. The van der Waals surface area contributed by atoms with Gasteiger partial charge in [0.05, 0.1) is 18.4 Å². The number of aliphatic hydroxyl groups is 1. The van der Waals surface area contributed by atoms with Crippen molar-refractivity contribution in [2.45, 2.75) is 18.6 Å². The van der Waals surface area contributed by atoms with Crippen LogP contribution in [0.25, 0.3) is 11.1 Å². The van der Waals surface area contributed by atoms with Crippen LogP contribution in [0.2, 0.25) is 0 Å². The summed E-state index contributed by atoms with van der Waals surface area (Å²) < 4.78 is 0. The van der Waals surface area contributed by atoms with Crippen LogP contribution in [0.15, 0.2) is 90.1 Å². The van der Waals surface area contributed by atoms with Crippen LogP contribution in [-0.2, 0) is 9.63 Å². The highest BCUT2D eigenvalue weighted by Crippen LogP contribution is 2.23. The standard InChI is InChI=1S/C27H27N3O4/c1-34-29-23-16-24(26(32)28-17-25(31)21-10-6-3-7-11-21)30(18-23)27(33)22-14-12-20(13-15-22)19-8-4-2-5-9-19/h2-15,24-25,31H,16-18H2,1H3,(H,28,32)/t24-,25?/m1/s1. The predicted molar refractivity (Wildman–Crippen MR) is 130 cm³/mol. The van der Waals surface area contributed by atoms with Gasteiger partial charge < -0.3 is 20.2 Å². The van der Waals surface area contributed by atoms with E-state index < -0.39 is 12.1 Å². The zero-order chi connectivity index (χ0) is 23.9. The second kappa shape index (κ2) is 10.8. The van der Waals surface area contributed by atoms with Gasteiger partial charge in [-0.1, -0.05) is 78.0 Å². The Morgan fingerprint density at radius 2 is 1.62 bits per heavy atom. The Morgan fingerprint density at radius 1 is 1.00 bits per heavy atom. The molecule has 1 aliphatic heterocycles. The Bertz CT molecular complexity index is 1150. The van der Waals surface area contributed by atoms with E-state index in [1.165, 1.54) is 12.0 Å². The lowest BCUT2D eigenvalue weighted by atomic mass is 10.0. The van der Waals surface area contributed by atoms with Crippen LogP contribution in [0.1, 0.15) is 28.4 Å². The highest BCUT2D eigenvalue weighted by molar-refractivity contribution is 6.05. The van der Waals surface area contributed by atoms with Gasteiger partial charge in [0.1, 0.15) is 13.2 Å². The number of carbonyl (C=O) groups excluding carboxylic acids is 2. The maximum absolute atomic E-state index is 13.3. The van der Waals surface area contributed by atoms with E-state index in [2.05, 4.69) is 10.5 Å². The van der Waals surface area contributed by atoms with Crippen molar-refractivity contribution in [1.82, 2.24) is 10.2 Å². The fourth-order valence-electron chi connectivity index (χ4n) is 4.06. The molecule has 1 saturated heterocycles. The molecule has 1 unspecified atom stereocenters. The second-order valence-electron chi connectivity index (χ2n) is 8.11. The molecule has 2 N–H and O–H groups in total. The van der Waals surface area contributed by atoms with E-state index in [0.717, 1.165) is 11.1 Å². The summed E-state index contributed by atoms with van der Waals surface area (Å²) in [4.78, 5) is 32.7. The van der Waals surface area contributed by atoms with E-state index >= 15 is 0 Å². The summed E-state index contributed by atoms with van der Waals surface area (Å²) in [5, 5.41) is 17.1. The first-order valence-electron chi connectivity index (χ1n) is 11.1. The third kappa shape index (κ3) is 5.32. The lowest BCUT2D eigenvalue weighted by Crippen LogP contribution is -2.46. The first kappa shape index (κ1) is 23.2. The number of hydrogen-bond acceptors (Lipinski definition) is 5. The van der Waals surface area contributed by atoms with Crippen molar-refractivity contribution in [2.75, 3.05) is 20.2 Å². The van der Waals surface area contributed by atoms with Crippen LogP contribution >= 0.6 is 0 Å². The van der Waals surface area contributed by atoms with Crippen LogP contribution in [0.5, 0.6) is 0 Å². The van der Waals surface area contributed by atoms with E-state index in [-0.39, 0.29) is 31.3 Å². The van der Waals surface area contributed by atoms with Crippen molar-refractivity contribution in [3.63, 3.8) is 0 Å². The molecule has 2 atom stereocenters. The molecular formula is C27H27N3O4. The van der Waals surface area contributed by atoms with Gasteiger partial charge in [-0.15, -0.1) is 0 Å². The lowest BCUT2D eigenvalue weighted by Gasteiger charge is -2.24. The lowest BCUT2D eigenvalue weighted by molar-refractivity contribution is -0.125. The summed E-state index contributed by atoms with van der Waals surface area (Å²) in [5.74, 6) is -0.602. The number of likely N-dealkylation sites (tertiary alicyclic amines) is 1. The Kier molecular flexibility index (Phi) is 7.34. The van der Waals surface area contributed by atoms with Crippen molar-refractivity contribution >= 4 is 17.5 Å². The van der Waals surface area contributed by atoms with Gasteiger partial charge in [-0.25, -0.2) is 0 Å². The van der Waals surface area contributed by atoms with Crippen molar-refractivity contribution in [3.8, 4) is 11.1 Å². The fraction of sp³-hybridized carbons (Fsp3) is 0.222. The van der Waals surface area contributed by atoms with Crippen LogP contribution in [0.3, 0.4) is 0 Å². The van der Waals surface area contributed by atoms with Crippen LogP contribution in [0, 0.1) is 0 Å². The predicted octanol–water partition coefficient (Wildman–Crippen LogP) is 3.42. The average molecular weight is 458 g/mol. The van der Waals surface area contributed by atoms with E-state index in [1.807, 2.05) is 60.7 Å². The van der Waals surface area contributed by atoms with Crippen LogP contribution in [0.4, 0.5) is 0 Å². The number of aliphatic hydroxyl groups excluding tert-OH is 1. The Hall–Kier alpha value is -3.97. The SMILES string of the molecule is CON=C1C[C@H](C(=O)NCC(O)c2ccccc2)N(C(=O)c2ccc(-c3ccccc3)cc2)C1. The molecule has 3 aromatic rings. The minimum atomic E-state index is -0.839. The molecule has 7 heteroatoms. The third-order valence-corrected chi connectivity index (χ3v) is 5.83. The zero-order valence-corrected chi connectivity index (χ0v) is 18.9. The molecule has 0 spiro atoms. The molecule has 1 aliphatic rings. The summed E-state index contributed by atoms with van der Waals surface area (Å²) in [6, 6.07) is 25.6.